The number of benzene rings is 7. The summed E-state index contributed by atoms with van der Waals surface area (Å²) in [5.74, 6) is 1.26. The van der Waals surface area contributed by atoms with Crippen molar-refractivity contribution in [2.24, 2.45) is 0 Å². The van der Waals surface area contributed by atoms with E-state index in [2.05, 4.69) is 12.1 Å². The highest BCUT2D eigenvalue weighted by Gasteiger charge is 2.17. The van der Waals surface area contributed by atoms with E-state index in [1.165, 1.54) is 0 Å². The molecule has 0 fully saturated rings. The number of aromatic nitrogens is 3. The Hall–Kier alpha value is -6.65. The molecule has 0 saturated carbocycles. The molecule has 0 aliphatic heterocycles. The molecule has 0 saturated heterocycles. The van der Waals surface area contributed by atoms with Crippen LogP contribution in [-0.2, 0) is 0 Å². The van der Waals surface area contributed by atoms with E-state index in [9.17, 15) is 1.37 Å². The van der Waals surface area contributed by atoms with Crippen molar-refractivity contribution in [3.63, 3.8) is 0 Å². The van der Waals surface area contributed by atoms with Gasteiger partial charge in [-0.25, -0.2) is 15.0 Å². The van der Waals surface area contributed by atoms with E-state index in [-0.39, 0.29) is 45.6 Å². The van der Waals surface area contributed by atoms with Gasteiger partial charge in [-0.15, -0.1) is 0 Å². The van der Waals surface area contributed by atoms with Crippen molar-refractivity contribution in [3.8, 4) is 67.5 Å². The Morgan fingerprint density at radius 2 is 0.857 bits per heavy atom. The first-order chi connectivity index (χ1) is 27.2. The monoisotopic (exact) mass is 634 g/mol. The lowest BCUT2D eigenvalue weighted by molar-refractivity contribution is 0.669. The predicted molar refractivity (Wildman–Crippen MR) is 200 cm³/mol. The molecule has 0 aliphatic rings. The zero-order valence-electron chi connectivity index (χ0n) is 33.0. The summed E-state index contributed by atoms with van der Waals surface area (Å²) in [6.45, 7) is 0. The summed E-state index contributed by atoms with van der Waals surface area (Å²) in [4.78, 5) is 14.9. The summed E-state index contributed by atoms with van der Waals surface area (Å²) in [6.07, 6.45) is 0. The number of para-hydroxylation sites is 1. The van der Waals surface area contributed by atoms with Crippen molar-refractivity contribution in [2.75, 3.05) is 0 Å². The van der Waals surface area contributed by atoms with Gasteiger partial charge in [-0.05, 0) is 63.7 Å². The zero-order valence-corrected chi connectivity index (χ0v) is 26.0. The van der Waals surface area contributed by atoms with Gasteiger partial charge in [-0.3, -0.25) is 0 Å². The maximum atomic E-state index is 9.23. The second kappa shape index (κ2) is 12.2. The van der Waals surface area contributed by atoms with Crippen molar-refractivity contribution in [1.29, 1.82) is 0 Å². The van der Waals surface area contributed by atoms with Crippen LogP contribution in [0.15, 0.2) is 180 Å². The lowest BCUT2D eigenvalue weighted by Gasteiger charge is -2.13. The first-order valence-corrected chi connectivity index (χ1v) is 15.8. The number of hydrogen-bond acceptors (Lipinski definition) is 4. The highest BCUT2D eigenvalue weighted by Crippen LogP contribution is 2.40. The van der Waals surface area contributed by atoms with Gasteiger partial charge in [0, 0.05) is 27.5 Å². The minimum absolute atomic E-state index is 0.0439. The lowest BCUT2D eigenvalue weighted by Crippen LogP contribution is -2.00. The van der Waals surface area contributed by atoms with Crippen LogP contribution in [0, 0.1) is 0 Å². The van der Waals surface area contributed by atoms with Gasteiger partial charge in [0.25, 0.3) is 0 Å². The van der Waals surface area contributed by atoms with Crippen LogP contribution in [0.2, 0.25) is 0 Å². The first kappa shape index (κ1) is 22.0. The van der Waals surface area contributed by atoms with E-state index in [0.717, 1.165) is 33.4 Å². The highest BCUT2D eigenvalue weighted by molar-refractivity contribution is 6.12. The molecule has 9 rings (SSSR count). The molecule has 49 heavy (non-hydrogen) atoms. The molecular formula is C45H29N3O. The molecule has 4 heteroatoms. The Morgan fingerprint density at radius 1 is 0.388 bits per heavy atom. The first-order valence-electron chi connectivity index (χ1n) is 19.3. The van der Waals surface area contributed by atoms with Gasteiger partial charge in [0.1, 0.15) is 11.2 Å². The van der Waals surface area contributed by atoms with Crippen LogP contribution in [0.25, 0.3) is 89.5 Å². The van der Waals surface area contributed by atoms with Gasteiger partial charge in [-0.2, -0.15) is 0 Å². The van der Waals surface area contributed by atoms with Crippen LogP contribution in [0.5, 0.6) is 0 Å². The number of rotatable bonds is 6. The Bertz CT molecular complexity index is 2970. The number of nitrogens with zero attached hydrogens (tertiary/aromatic N) is 3. The summed E-state index contributed by atoms with van der Waals surface area (Å²) in [7, 11) is 0. The molecule has 0 unspecified atom stereocenters. The Balaban J connectivity index is 1.32. The second-order valence-corrected chi connectivity index (χ2v) is 11.5. The van der Waals surface area contributed by atoms with Crippen LogP contribution in [0.3, 0.4) is 0 Å². The fourth-order valence-electron chi connectivity index (χ4n) is 6.07. The van der Waals surface area contributed by atoms with Crippen molar-refractivity contribution in [3.05, 3.63) is 176 Å². The molecule has 9 aromatic rings. The van der Waals surface area contributed by atoms with Crippen LogP contribution in [0.4, 0.5) is 0 Å². The second-order valence-electron chi connectivity index (χ2n) is 11.5. The normalized spacial score (nSPS) is 13.3. The number of hydrogen-bond donors (Lipinski definition) is 0. The molecule has 0 bridgehead atoms. The Morgan fingerprint density at radius 3 is 1.53 bits per heavy atom. The van der Waals surface area contributed by atoms with E-state index in [1.807, 2.05) is 115 Å². The average Bonchev–Trinajstić information content (AvgIpc) is 3.65. The maximum absolute atomic E-state index is 9.23. The van der Waals surface area contributed by atoms with E-state index < -0.39 is 24.2 Å². The molecule has 0 amide bonds. The Kier molecular flexibility index (Phi) is 5.47. The van der Waals surface area contributed by atoms with Gasteiger partial charge in [0.05, 0.1) is 9.60 Å². The van der Waals surface area contributed by atoms with Crippen LogP contribution < -0.4 is 0 Å². The van der Waals surface area contributed by atoms with Gasteiger partial charge in [-0.1, -0.05) is 145 Å². The Labute approximate surface area is 293 Å². The molecular weight excluding hydrogens is 599 g/mol. The fraction of sp³-hybridized carbons (Fsp3) is 0. The van der Waals surface area contributed by atoms with Gasteiger partial charge >= 0.3 is 0 Å². The summed E-state index contributed by atoms with van der Waals surface area (Å²) in [5, 5.41) is 0.205. The molecule has 4 nitrogen and oxygen atoms in total. The third-order valence-electron chi connectivity index (χ3n) is 8.45. The topological polar surface area (TPSA) is 51.8 Å². The minimum Gasteiger partial charge on any atom is -0.456 e. The smallest absolute Gasteiger partial charge is 0.164 e. The summed E-state index contributed by atoms with van der Waals surface area (Å²) in [5.41, 5.74) is 6.30. The molecule has 230 valence electrons. The van der Waals surface area contributed by atoms with Crippen molar-refractivity contribution >= 4 is 21.9 Å². The third kappa shape index (κ3) is 5.45. The van der Waals surface area contributed by atoms with Gasteiger partial charge in [0.2, 0.25) is 0 Å². The van der Waals surface area contributed by atoms with Crippen LogP contribution >= 0.6 is 0 Å². The highest BCUT2D eigenvalue weighted by atomic mass is 16.3. The summed E-state index contributed by atoms with van der Waals surface area (Å²) in [6, 6.07) is 40.2. The number of furan rings is 1. The SMILES string of the molecule is [2H]c1c([2H])c([2H])c2c(oc3c([2H])c([2H])c([2H])c(-c4cc(-c5ccccc5)cc(-c5nc(-c6ccccc6)nc(-c6ccc(-c7ccccc7)cc6)n5)c4)c32)c1[2H]. The molecule has 0 spiro atoms. The largest absolute Gasteiger partial charge is 0.456 e. The number of fused-ring (bicyclic) bond motifs is 3. The maximum Gasteiger partial charge on any atom is 0.164 e. The molecule has 0 aliphatic carbocycles. The fourth-order valence-corrected chi connectivity index (χ4v) is 6.07. The summed E-state index contributed by atoms with van der Waals surface area (Å²) >= 11 is 0. The minimum atomic E-state index is -0.477. The quantitative estimate of drug-likeness (QED) is 0.183. The summed E-state index contributed by atoms with van der Waals surface area (Å²) < 4.78 is 66.9. The molecule has 0 atom stereocenters. The molecule has 2 heterocycles. The predicted octanol–water partition coefficient (Wildman–Crippen LogP) is 11.8. The molecule has 7 aromatic carbocycles. The lowest BCUT2D eigenvalue weighted by atomic mass is 9.93. The molecule has 0 N–H and O–H groups in total. The third-order valence-corrected chi connectivity index (χ3v) is 8.45. The molecule has 2 aromatic heterocycles. The van der Waals surface area contributed by atoms with E-state index in [0.29, 0.717) is 28.6 Å². The van der Waals surface area contributed by atoms with E-state index in [1.54, 1.807) is 6.07 Å². The van der Waals surface area contributed by atoms with Crippen LogP contribution in [0.1, 0.15) is 9.60 Å². The van der Waals surface area contributed by atoms with Crippen molar-refractivity contribution in [2.45, 2.75) is 0 Å². The van der Waals surface area contributed by atoms with E-state index >= 15 is 0 Å². The molecule has 0 radical (unpaired) electrons. The van der Waals surface area contributed by atoms with Gasteiger partial charge < -0.3 is 4.42 Å². The standard InChI is InChI=1S/C45H29N3O/c1-4-13-30(14-5-1)32-23-25-34(26-24-32)44-46-43(33-17-8-3-9-18-33)47-45(48-44)37-28-35(31-15-6-2-7-16-31)27-36(29-37)38-20-12-22-41-42(38)39-19-10-11-21-40(39)49-41/h1-29H/i10D,11D,12D,19D,20D,21D,22D. The van der Waals surface area contributed by atoms with Crippen LogP contribution in [-0.4, -0.2) is 15.0 Å². The van der Waals surface area contributed by atoms with Gasteiger partial charge in [0.15, 0.2) is 17.5 Å². The van der Waals surface area contributed by atoms with Crippen molar-refractivity contribution in [1.82, 2.24) is 15.0 Å². The van der Waals surface area contributed by atoms with Crippen molar-refractivity contribution < 1.29 is 14.0 Å². The zero-order chi connectivity index (χ0) is 38.7. The van der Waals surface area contributed by atoms with E-state index in [4.69, 9.17) is 27.6 Å². The average molecular weight is 635 g/mol.